The third-order valence-corrected chi connectivity index (χ3v) is 6.10. The zero-order chi connectivity index (χ0) is 18.7. The molecule has 8 heteroatoms. The van der Waals surface area contributed by atoms with Gasteiger partial charge in [0.1, 0.15) is 10.8 Å². The van der Waals surface area contributed by atoms with Crippen LogP contribution in [0.3, 0.4) is 0 Å². The van der Waals surface area contributed by atoms with Gasteiger partial charge in [-0.1, -0.05) is 0 Å². The normalized spacial score (nSPS) is 15.1. The molecule has 1 aliphatic rings. The molecule has 26 heavy (non-hydrogen) atoms. The number of hydrogen-bond acceptors (Lipinski definition) is 6. The highest BCUT2D eigenvalue weighted by Crippen LogP contribution is 2.33. The molecule has 1 aliphatic heterocycles. The molecule has 0 radical (unpaired) electrons. The highest BCUT2D eigenvalue weighted by Gasteiger charge is 2.24. The lowest BCUT2D eigenvalue weighted by Crippen LogP contribution is -2.49. The SMILES string of the molecule is COC(=O)c1c(NC(=S)N2CCN(Cc3ccco3)CC2)sc(C)c1C. The number of aryl methyl sites for hydroxylation is 1. The zero-order valence-corrected chi connectivity index (χ0v) is 16.8. The molecule has 0 unspecified atom stereocenters. The van der Waals surface area contributed by atoms with E-state index in [4.69, 9.17) is 21.4 Å². The van der Waals surface area contributed by atoms with Gasteiger partial charge in [0.25, 0.3) is 0 Å². The summed E-state index contributed by atoms with van der Waals surface area (Å²) >= 11 is 7.11. The number of carbonyl (C=O) groups is 1. The molecule has 0 aromatic carbocycles. The molecule has 0 atom stereocenters. The molecule has 0 spiro atoms. The van der Waals surface area contributed by atoms with Crippen LogP contribution in [0.5, 0.6) is 0 Å². The van der Waals surface area contributed by atoms with Gasteiger partial charge in [0, 0.05) is 31.1 Å². The van der Waals surface area contributed by atoms with E-state index in [1.54, 1.807) is 6.26 Å². The Bertz CT molecular complexity index is 778. The van der Waals surface area contributed by atoms with Crippen molar-refractivity contribution in [1.29, 1.82) is 0 Å². The van der Waals surface area contributed by atoms with Crippen LogP contribution in [0.2, 0.25) is 0 Å². The molecule has 6 nitrogen and oxygen atoms in total. The first-order chi connectivity index (χ1) is 12.5. The maximum atomic E-state index is 12.1. The highest BCUT2D eigenvalue weighted by atomic mass is 32.1. The van der Waals surface area contributed by atoms with E-state index in [-0.39, 0.29) is 5.97 Å². The molecule has 3 rings (SSSR count). The van der Waals surface area contributed by atoms with Gasteiger partial charge in [-0.3, -0.25) is 4.90 Å². The van der Waals surface area contributed by atoms with Crippen molar-refractivity contribution in [2.24, 2.45) is 0 Å². The van der Waals surface area contributed by atoms with Gasteiger partial charge in [-0.05, 0) is 43.8 Å². The van der Waals surface area contributed by atoms with Gasteiger partial charge in [0.05, 0.1) is 25.5 Å². The van der Waals surface area contributed by atoms with E-state index in [0.717, 1.165) is 53.9 Å². The summed E-state index contributed by atoms with van der Waals surface area (Å²) in [6, 6.07) is 3.91. The van der Waals surface area contributed by atoms with E-state index in [9.17, 15) is 4.79 Å². The van der Waals surface area contributed by atoms with Crippen LogP contribution in [0.1, 0.15) is 26.6 Å². The summed E-state index contributed by atoms with van der Waals surface area (Å²) in [5.74, 6) is 0.645. The predicted molar refractivity (Wildman–Crippen MR) is 107 cm³/mol. The first-order valence-electron chi connectivity index (χ1n) is 8.48. The van der Waals surface area contributed by atoms with Gasteiger partial charge in [-0.15, -0.1) is 11.3 Å². The molecular weight excluding hydrogens is 370 g/mol. The fourth-order valence-electron chi connectivity index (χ4n) is 2.97. The number of nitrogens with zero attached hydrogens (tertiary/aromatic N) is 2. The number of ether oxygens (including phenoxy) is 1. The maximum absolute atomic E-state index is 12.1. The maximum Gasteiger partial charge on any atom is 0.341 e. The Kier molecular flexibility index (Phi) is 5.95. The third-order valence-electron chi connectivity index (χ3n) is 4.61. The van der Waals surface area contributed by atoms with Crippen LogP contribution in [0.4, 0.5) is 5.00 Å². The topological polar surface area (TPSA) is 58.0 Å². The molecule has 1 fully saturated rings. The lowest BCUT2D eigenvalue weighted by atomic mass is 10.1. The van der Waals surface area contributed by atoms with E-state index in [1.165, 1.54) is 18.4 Å². The Morgan fingerprint density at radius 2 is 2.08 bits per heavy atom. The molecule has 2 aromatic rings. The Hall–Kier alpha value is -1.90. The standard InChI is InChI=1S/C18H23N3O3S2/c1-12-13(2)26-16(15(12)17(22)23-3)19-18(25)21-8-6-20(7-9-21)11-14-5-4-10-24-14/h4-5,10H,6-9,11H2,1-3H3,(H,19,25). The number of piperazine rings is 1. The second-order valence-corrected chi connectivity index (χ2v) is 7.86. The average molecular weight is 394 g/mol. The summed E-state index contributed by atoms with van der Waals surface area (Å²) in [5.41, 5.74) is 1.52. The number of thiophene rings is 1. The number of thiocarbonyl (C=S) groups is 1. The van der Waals surface area contributed by atoms with Crippen LogP contribution >= 0.6 is 23.6 Å². The monoisotopic (exact) mass is 393 g/mol. The summed E-state index contributed by atoms with van der Waals surface area (Å²) in [7, 11) is 1.40. The minimum Gasteiger partial charge on any atom is -0.468 e. The van der Waals surface area contributed by atoms with Crippen molar-refractivity contribution in [3.05, 3.63) is 40.2 Å². The van der Waals surface area contributed by atoms with Crippen LogP contribution in [0.25, 0.3) is 0 Å². The van der Waals surface area contributed by atoms with Crippen LogP contribution in [-0.4, -0.2) is 54.2 Å². The van der Waals surface area contributed by atoms with Crippen LogP contribution in [-0.2, 0) is 11.3 Å². The van der Waals surface area contributed by atoms with Crippen LogP contribution < -0.4 is 5.32 Å². The number of nitrogens with one attached hydrogen (secondary N) is 1. The van der Waals surface area contributed by atoms with Gasteiger partial charge >= 0.3 is 5.97 Å². The van der Waals surface area contributed by atoms with Crippen LogP contribution in [0.15, 0.2) is 22.8 Å². The Labute approximate surface area is 162 Å². The second kappa shape index (κ2) is 8.20. The molecule has 0 aliphatic carbocycles. The number of anilines is 1. The van der Waals surface area contributed by atoms with E-state index in [0.29, 0.717) is 10.7 Å². The van der Waals surface area contributed by atoms with Crippen molar-refractivity contribution < 1.29 is 13.9 Å². The lowest BCUT2D eigenvalue weighted by molar-refractivity contribution is 0.0601. The van der Waals surface area contributed by atoms with Gasteiger partial charge < -0.3 is 19.4 Å². The highest BCUT2D eigenvalue weighted by molar-refractivity contribution is 7.80. The van der Waals surface area contributed by atoms with Crippen LogP contribution in [0, 0.1) is 13.8 Å². The molecule has 1 N–H and O–H groups in total. The molecule has 1 saturated heterocycles. The number of rotatable bonds is 4. The number of furan rings is 1. The van der Waals surface area contributed by atoms with Gasteiger partial charge in [-0.2, -0.15) is 0 Å². The number of esters is 1. The van der Waals surface area contributed by atoms with Gasteiger partial charge in [0.2, 0.25) is 0 Å². The smallest absolute Gasteiger partial charge is 0.341 e. The van der Waals surface area contributed by atoms with E-state index < -0.39 is 0 Å². The quantitative estimate of drug-likeness (QED) is 0.632. The Balaban J connectivity index is 1.60. The molecule has 140 valence electrons. The molecular formula is C18H23N3O3S2. The summed E-state index contributed by atoms with van der Waals surface area (Å²) < 4.78 is 10.3. The van der Waals surface area contributed by atoms with Crippen molar-refractivity contribution in [3.8, 4) is 0 Å². The number of methoxy groups -OCH3 is 1. The summed E-state index contributed by atoms with van der Waals surface area (Å²) in [6.45, 7) is 8.24. The van der Waals surface area contributed by atoms with E-state index in [2.05, 4.69) is 15.1 Å². The van der Waals surface area contributed by atoms with E-state index >= 15 is 0 Å². The summed E-state index contributed by atoms with van der Waals surface area (Å²) in [4.78, 5) is 17.7. The van der Waals surface area contributed by atoms with Crippen molar-refractivity contribution in [1.82, 2.24) is 9.80 Å². The lowest BCUT2D eigenvalue weighted by Gasteiger charge is -2.35. The molecule has 0 saturated carbocycles. The number of hydrogen-bond donors (Lipinski definition) is 1. The third kappa shape index (κ3) is 4.08. The Morgan fingerprint density at radius 3 is 2.69 bits per heavy atom. The average Bonchev–Trinajstić information content (AvgIpc) is 3.23. The summed E-state index contributed by atoms with van der Waals surface area (Å²) in [5, 5.41) is 4.66. The fourth-order valence-corrected chi connectivity index (χ4v) is 4.37. The first kappa shape index (κ1) is 18.9. The minimum absolute atomic E-state index is 0.333. The van der Waals surface area contributed by atoms with Crippen molar-refractivity contribution in [2.45, 2.75) is 20.4 Å². The Morgan fingerprint density at radius 1 is 1.35 bits per heavy atom. The zero-order valence-electron chi connectivity index (χ0n) is 15.2. The van der Waals surface area contributed by atoms with Gasteiger partial charge in [0.15, 0.2) is 5.11 Å². The summed E-state index contributed by atoms with van der Waals surface area (Å²) in [6.07, 6.45) is 1.70. The largest absolute Gasteiger partial charge is 0.468 e. The fraction of sp³-hybridized carbons (Fsp3) is 0.444. The molecule has 0 bridgehead atoms. The molecule has 0 amide bonds. The molecule has 3 heterocycles. The molecule has 2 aromatic heterocycles. The van der Waals surface area contributed by atoms with E-state index in [1.807, 2.05) is 26.0 Å². The number of carbonyl (C=O) groups excluding carboxylic acids is 1. The van der Waals surface area contributed by atoms with Crippen molar-refractivity contribution in [3.63, 3.8) is 0 Å². The first-order valence-corrected chi connectivity index (χ1v) is 9.71. The minimum atomic E-state index is -0.333. The van der Waals surface area contributed by atoms with Crippen molar-refractivity contribution >= 4 is 39.6 Å². The van der Waals surface area contributed by atoms with Crippen molar-refractivity contribution in [2.75, 3.05) is 38.6 Å². The predicted octanol–water partition coefficient (Wildman–Crippen LogP) is 3.26. The second-order valence-electron chi connectivity index (χ2n) is 6.25. The van der Waals surface area contributed by atoms with Gasteiger partial charge in [-0.25, -0.2) is 4.79 Å².